The Morgan fingerprint density at radius 1 is 1.24 bits per heavy atom. The van der Waals surface area contributed by atoms with E-state index >= 15 is 0 Å². The van der Waals surface area contributed by atoms with E-state index in [-0.39, 0.29) is 0 Å². The van der Waals surface area contributed by atoms with Crippen molar-refractivity contribution in [3.63, 3.8) is 0 Å². The topological polar surface area (TPSA) is 62.7 Å². The lowest BCUT2D eigenvalue weighted by Crippen LogP contribution is -2.08. The molecule has 1 aromatic carbocycles. The highest BCUT2D eigenvalue weighted by Gasteiger charge is 2.02. The van der Waals surface area contributed by atoms with E-state index in [0.29, 0.717) is 17.1 Å². The van der Waals surface area contributed by atoms with Crippen LogP contribution in [0.4, 0.5) is 5.69 Å². The van der Waals surface area contributed by atoms with Crippen LogP contribution < -0.4 is 9.64 Å². The number of hydrogen-bond acceptors (Lipinski definition) is 4. The van der Waals surface area contributed by atoms with Crippen LogP contribution in [0.3, 0.4) is 0 Å². The molecule has 0 saturated carbocycles. The molecule has 2 aromatic rings. The van der Waals surface area contributed by atoms with Gasteiger partial charge in [-0.25, -0.2) is 4.79 Å². The number of hydrogen-bond donors (Lipinski definition) is 1. The maximum absolute atomic E-state index is 10.5. The Labute approximate surface area is 123 Å². The number of benzene rings is 1. The van der Waals surface area contributed by atoms with Gasteiger partial charge in [0.05, 0.1) is 6.20 Å². The number of pyridine rings is 1. The lowest BCUT2D eigenvalue weighted by atomic mass is 10.2. The highest BCUT2D eigenvalue weighted by Crippen LogP contribution is 2.25. The summed E-state index contributed by atoms with van der Waals surface area (Å²) in [4.78, 5) is 16.5. The third-order valence-electron chi connectivity index (χ3n) is 2.72. The second-order valence-electron chi connectivity index (χ2n) is 4.62. The minimum atomic E-state index is -1.000. The average Bonchev–Trinajstić information content (AvgIpc) is 2.46. The predicted molar refractivity (Wildman–Crippen MR) is 81.7 cm³/mol. The molecule has 108 valence electrons. The Hall–Kier alpha value is -2.82. The molecule has 2 rings (SSSR count). The van der Waals surface area contributed by atoms with E-state index in [1.807, 2.05) is 43.3 Å². The molecule has 0 bridgehead atoms. The molecule has 1 N–H and O–H groups in total. The zero-order valence-electron chi connectivity index (χ0n) is 11.9. The van der Waals surface area contributed by atoms with Gasteiger partial charge in [0.25, 0.3) is 0 Å². The summed E-state index contributed by atoms with van der Waals surface area (Å²) in [5.41, 5.74) is 1.70. The number of carboxylic acid groups (broad SMARTS) is 1. The normalized spacial score (nSPS) is 10.6. The molecule has 0 fully saturated rings. The quantitative estimate of drug-likeness (QED) is 0.855. The Balaban J connectivity index is 2.18. The van der Waals surface area contributed by atoms with E-state index in [1.54, 1.807) is 18.5 Å². The second kappa shape index (κ2) is 6.56. The van der Waals surface area contributed by atoms with E-state index in [4.69, 9.17) is 9.84 Å². The number of nitrogens with zero attached hydrogens (tertiary/aromatic N) is 2. The van der Waals surface area contributed by atoms with Crippen molar-refractivity contribution in [2.75, 3.05) is 19.0 Å². The summed E-state index contributed by atoms with van der Waals surface area (Å²) in [5, 5.41) is 8.62. The fourth-order valence-corrected chi connectivity index (χ4v) is 1.71. The summed E-state index contributed by atoms with van der Waals surface area (Å²) in [6.07, 6.45) is 5.69. The average molecular weight is 284 g/mol. The van der Waals surface area contributed by atoms with Crippen LogP contribution in [0.1, 0.15) is 5.56 Å². The molecule has 5 heteroatoms. The van der Waals surface area contributed by atoms with E-state index in [2.05, 4.69) is 4.98 Å². The summed E-state index contributed by atoms with van der Waals surface area (Å²) in [7, 11) is 3.91. The third kappa shape index (κ3) is 4.35. The summed E-state index contributed by atoms with van der Waals surface area (Å²) in [5.74, 6) is 0.251. The van der Waals surface area contributed by atoms with Gasteiger partial charge in [-0.3, -0.25) is 4.98 Å². The van der Waals surface area contributed by atoms with Gasteiger partial charge in [-0.15, -0.1) is 0 Å². The first-order valence-electron chi connectivity index (χ1n) is 6.36. The van der Waals surface area contributed by atoms with Crippen molar-refractivity contribution >= 4 is 17.7 Å². The summed E-state index contributed by atoms with van der Waals surface area (Å²) < 4.78 is 5.75. The first-order chi connectivity index (χ1) is 10.0. The number of carbonyl (C=O) groups is 1. The van der Waals surface area contributed by atoms with Crippen LogP contribution >= 0.6 is 0 Å². The first kappa shape index (κ1) is 14.6. The van der Waals surface area contributed by atoms with E-state index in [1.165, 1.54) is 6.08 Å². The monoisotopic (exact) mass is 284 g/mol. The van der Waals surface area contributed by atoms with Gasteiger partial charge in [-0.05, 0) is 29.8 Å². The number of aromatic nitrogens is 1. The summed E-state index contributed by atoms with van der Waals surface area (Å²) in [6, 6.07) is 9.39. The molecule has 0 aliphatic carbocycles. The third-order valence-corrected chi connectivity index (χ3v) is 2.72. The molecule has 21 heavy (non-hydrogen) atoms. The maximum atomic E-state index is 10.5. The number of rotatable bonds is 5. The Morgan fingerprint density at radius 3 is 2.76 bits per heavy atom. The van der Waals surface area contributed by atoms with Crippen LogP contribution in [-0.4, -0.2) is 30.2 Å². The van der Waals surface area contributed by atoms with Crippen LogP contribution in [0.25, 0.3) is 6.08 Å². The molecule has 1 heterocycles. The van der Waals surface area contributed by atoms with Crippen molar-refractivity contribution in [3.8, 4) is 11.5 Å². The van der Waals surface area contributed by atoms with Crippen molar-refractivity contribution in [2.45, 2.75) is 0 Å². The molecule has 0 saturated heterocycles. The van der Waals surface area contributed by atoms with Gasteiger partial charge in [0.15, 0.2) is 0 Å². The molecule has 0 radical (unpaired) electrons. The molecule has 0 unspecified atom stereocenters. The highest BCUT2D eigenvalue weighted by molar-refractivity contribution is 5.85. The largest absolute Gasteiger partial charge is 0.478 e. The SMILES string of the molecule is CN(C)c1cccc(Oc2cncc(/C=C/C(=O)O)c2)c1. The fourth-order valence-electron chi connectivity index (χ4n) is 1.71. The smallest absolute Gasteiger partial charge is 0.328 e. The van der Waals surface area contributed by atoms with Crippen molar-refractivity contribution in [1.29, 1.82) is 0 Å². The zero-order valence-corrected chi connectivity index (χ0v) is 11.9. The predicted octanol–water partition coefficient (Wildman–Crippen LogP) is 3.04. The molecule has 0 amide bonds. The van der Waals surface area contributed by atoms with Crippen molar-refractivity contribution in [3.05, 3.63) is 54.4 Å². The maximum Gasteiger partial charge on any atom is 0.328 e. The van der Waals surface area contributed by atoms with Crippen molar-refractivity contribution in [2.24, 2.45) is 0 Å². The molecule has 0 atom stereocenters. The van der Waals surface area contributed by atoms with Gasteiger partial charge in [0.1, 0.15) is 11.5 Å². The van der Waals surface area contributed by atoms with E-state index < -0.39 is 5.97 Å². The van der Waals surface area contributed by atoms with Crippen LogP contribution in [0.5, 0.6) is 11.5 Å². The van der Waals surface area contributed by atoms with Crippen LogP contribution in [-0.2, 0) is 4.79 Å². The lowest BCUT2D eigenvalue weighted by Gasteiger charge is -2.13. The lowest BCUT2D eigenvalue weighted by molar-refractivity contribution is -0.131. The molecule has 5 nitrogen and oxygen atoms in total. The number of anilines is 1. The minimum absolute atomic E-state index is 0.554. The van der Waals surface area contributed by atoms with Crippen molar-refractivity contribution < 1.29 is 14.6 Å². The summed E-state index contributed by atoms with van der Waals surface area (Å²) >= 11 is 0. The molecule has 0 spiro atoms. The van der Waals surface area contributed by atoms with Crippen LogP contribution in [0.2, 0.25) is 0 Å². The van der Waals surface area contributed by atoms with Crippen LogP contribution in [0, 0.1) is 0 Å². The minimum Gasteiger partial charge on any atom is -0.478 e. The van der Waals surface area contributed by atoms with E-state index in [9.17, 15) is 4.79 Å². The Kier molecular flexibility index (Phi) is 4.56. The number of aliphatic carboxylic acids is 1. The molecule has 0 aliphatic rings. The van der Waals surface area contributed by atoms with Crippen LogP contribution in [0.15, 0.2) is 48.8 Å². The highest BCUT2D eigenvalue weighted by atomic mass is 16.5. The molecular formula is C16H16N2O3. The molecule has 1 aromatic heterocycles. The van der Waals surface area contributed by atoms with Crippen molar-refractivity contribution in [1.82, 2.24) is 4.98 Å². The number of ether oxygens (including phenoxy) is 1. The van der Waals surface area contributed by atoms with Gasteiger partial charge >= 0.3 is 5.97 Å². The van der Waals surface area contributed by atoms with Gasteiger partial charge in [-0.2, -0.15) is 0 Å². The summed E-state index contributed by atoms with van der Waals surface area (Å²) in [6.45, 7) is 0. The Bertz CT molecular complexity index is 666. The van der Waals surface area contributed by atoms with Gasteiger partial charge in [0, 0.05) is 38.1 Å². The van der Waals surface area contributed by atoms with E-state index in [0.717, 1.165) is 11.8 Å². The van der Waals surface area contributed by atoms with Gasteiger partial charge in [0.2, 0.25) is 0 Å². The molecule has 0 aliphatic heterocycles. The second-order valence-corrected chi connectivity index (χ2v) is 4.62. The first-order valence-corrected chi connectivity index (χ1v) is 6.36. The molecular weight excluding hydrogens is 268 g/mol. The van der Waals surface area contributed by atoms with Gasteiger partial charge < -0.3 is 14.7 Å². The fraction of sp³-hybridized carbons (Fsp3) is 0.125. The van der Waals surface area contributed by atoms with Gasteiger partial charge in [-0.1, -0.05) is 6.07 Å². The number of carboxylic acids is 1. The zero-order chi connectivity index (χ0) is 15.2. The Morgan fingerprint density at radius 2 is 2.05 bits per heavy atom. The standard InChI is InChI=1S/C16H16N2O3/c1-18(2)13-4-3-5-14(9-13)21-15-8-12(10-17-11-15)6-7-16(19)20/h3-11H,1-2H3,(H,19,20)/b7-6+.